The highest BCUT2D eigenvalue weighted by atomic mass is 16.8. The Morgan fingerprint density at radius 2 is 1.29 bits per heavy atom. The number of methoxy groups -OCH3 is 1. The topological polar surface area (TPSA) is 66.4 Å². The Kier molecular flexibility index (Phi) is 7.46. The molecular weight excluding hydrogens is 432 g/mol. The highest BCUT2D eigenvalue weighted by Gasteiger charge is 2.57. The summed E-state index contributed by atoms with van der Waals surface area (Å²) in [5.41, 5.74) is 1.87. The summed E-state index contributed by atoms with van der Waals surface area (Å²) >= 11 is 0. The van der Waals surface area contributed by atoms with Gasteiger partial charge in [-0.15, -0.1) is 0 Å². The normalized spacial score (nSPS) is 28.4. The van der Waals surface area contributed by atoms with Crippen molar-refractivity contribution in [1.82, 2.24) is 0 Å². The van der Waals surface area contributed by atoms with Gasteiger partial charge in [0.05, 0.1) is 30.5 Å². The quantitative estimate of drug-likeness (QED) is 0.433. The van der Waals surface area contributed by atoms with E-state index in [1.807, 2.05) is 54.6 Å². The molecule has 0 aliphatic carbocycles. The van der Waals surface area contributed by atoms with Crippen LogP contribution in [0.1, 0.15) is 20.8 Å². The van der Waals surface area contributed by atoms with Gasteiger partial charge in [0.1, 0.15) is 24.9 Å². The lowest BCUT2D eigenvalue weighted by Gasteiger charge is -2.33. The van der Waals surface area contributed by atoms with Crippen LogP contribution in [0.15, 0.2) is 91.0 Å². The Labute approximate surface area is 205 Å². The molecule has 1 heterocycles. The van der Waals surface area contributed by atoms with Crippen LogP contribution >= 0.6 is 0 Å². The molecular formula is C28H32O6. The van der Waals surface area contributed by atoms with Crippen molar-refractivity contribution in [3.8, 4) is 0 Å². The van der Waals surface area contributed by atoms with Crippen LogP contribution in [-0.4, -0.2) is 49.5 Å². The van der Waals surface area contributed by atoms with E-state index in [0.717, 1.165) is 0 Å². The summed E-state index contributed by atoms with van der Waals surface area (Å²) < 4.78 is 55.7. The van der Waals surface area contributed by atoms with E-state index in [1.54, 1.807) is 36.4 Å². The molecule has 0 radical (unpaired) electrons. The van der Waals surface area contributed by atoms with Gasteiger partial charge in [0.15, 0.2) is 0 Å². The predicted molar refractivity (Wildman–Crippen MR) is 128 cm³/mol. The number of rotatable bonds is 12. The van der Waals surface area contributed by atoms with Gasteiger partial charge in [-0.3, -0.25) is 0 Å². The third-order valence-electron chi connectivity index (χ3n) is 5.59. The van der Waals surface area contributed by atoms with Gasteiger partial charge in [0, 0.05) is 7.11 Å². The standard InChI is InChI=1S/C28H32O6/c1-30-28(21-31-18-22-11-5-2-6-12-22)27(33-20-24-15-9-4-10-16-24)26(25(17-29)34-28)32-19-23-13-7-3-8-14-23/h2-16,25-27,29H,17-21H2,1H3/t25-,26-,27+,28?/m1/s1/i18D,19D,20D/t18?,19?,20?,25-,26-,27+,28?. The molecule has 6 heteroatoms. The van der Waals surface area contributed by atoms with Gasteiger partial charge < -0.3 is 28.8 Å². The minimum Gasteiger partial charge on any atom is -0.394 e. The maximum Gasteiger partial charge on any atom is 0.221 e. The molecule has 4 rings (SSSR count). The second-order valence-corrected chi connectivity index (χ2v) is 7.91. The van der Waals surface area contributed by atoms with Crippen molar-refractivity contribution in [2.24, 2.45) is 0 Å². The highest BCUT2D eigenvalue weighted by Crippen LogP contribution is 2.37. The zero-order valence-electron chi connectivity index (χ0n) is 22.0. The Balaban J connectivity index is 1.62. The summed E-state index contributed by atoms with van der Waals surface area (Å²) in [7, 11) is 1.41. The van der Waals surface area contributed by atoms with Gasteiger partial charge in [0.2, 0.25) is 5.79 Å². The second-order valence-electron chi connectivity index (χ2n) is 7.91. The Hall–Kier alpha value is -2.58. The summed E-state index contributed by atoms with van der Waals surface area (Å²) in [6.07, 6.45) is -2.94. The third kappa shape index (κ3) is 6.10. The molecule has 1 N–H and O–H groups in total. The summed E-state index contributed by atoms with van der Waals surface area (Å²) in [6.45, 7) is -3.93. The lowest BCUT2D eigenvalue weighted by molar-refractivity contribution is -0.280. The molecule has 1 aliphatic rings. The molecule has 1 saturated heterocycles. The summed E-state index contributed by atoms with van der Waals surface area (Å²) in [6, 6.07) is 27.1. The average Bonchev–Trinajstić information content (AvgIpc) is 3.25. The van der Waals surface area contributed by atoms with Crippen molar-refractivity contribution in [1.29, 1.82) is 0 Å². The molecule has 0 amide bonds. The van der Waals surface area contributed by atoms with Crippen LogP contribution < -0.4 is 0 Å². The van der Waals surface area contributed by atoms with Crippen LogP contribution in [0.2, 0.25) is 0 Å². The number of aliphatic hydroxyl groups is 1. The number of hydrogen-bond acceptors (Lipinski definition) is 6. The Bertz CT molecular complexity index is 1080. The molecule has 0 aromatic heterocycles. The van der Waals surface area contributed by atoms with E-state index in [4.69, 9.17) is 27.8 Å². The SMILES string of the molecule is [2H]C(OCC1(OC)O[C@H](CO)[C@@H](OC([2H])c2ccccc2)[C@@H]1OC([2H])c1ccccc1)c1ccccc1. The molecule has 180 valence electrons. The molecule has 0 spiro atoms. The summed E-state index contributed by atoms with van der Waals surface area (Å²) in [4.78, 5) is 0. The zero-order chi connectivity index (χ0) is 26.3. The number of hydrogen-bond donors (Lipinski definition) is 1. The second kappa shape index (κ2) is 12.2. The van der Waals surface area contributed by atoms with Gasteiger partial charge in [-0.05, 0) is 16.7 Å². The van der Waals surface area contributed by atoms with Gasteiger partial charge in [0.25, 0.3) is 0 Å². The number of ether oxygens (including phenoxy) is 5. The van der Waals surface area contributed by atoms with Crippen molar-refractivity contribution >= 4 is 0 Å². The minimum absolute atomic E-state index is 0.233. The lowest BCUT2D eigenvalue weighted by Crippen LogP contribution is -2.50. The summed E-state index contributed by atoms with van der Waals surface area (Å²) in [5.74, 6) is -1.60. The molecule has 1 fully saturated rings. The van der Waals surface area contributed by atoms with Crippen molar-refractivity contribution in [2.75, 3.05) is 20.3 Å². The maximum atomic E-state index is 10.2. The van der Waals surface area contributed by atoms with Crippen molar-refractivity contribution in [3.63, 3.8) is 0 Å². The Morgan fingerprint density at radius 3 is 1.79 bits per heavy atom. The molecule has 3 aromatic rings. The van der Waals surface area contributed by atoms with Gasteiger partial charge in [-0.25, -0.2) is 0 Å². The van der Waals surface area contributed by atoms with E-state index in [-0.39, 0.29) is 6.61 Å². The molecule has 4 unspecified atom stereocenters. The molecule has 0 saturated carbocycles. The van der Waals surface area contributed by atoms with E-state index in [1.165, 1.54) is 7.11 Å². The van der Waals surface area contributed by atoms with Crippen LogP contribution in [0.5, 0.6) is 0 Å². The largest absolute Gasteiger partial charge is 0.394 e. The minimum atomic E-state index is -1.60. The van der Waals surface area contributed by atoms with Crippen LogP contribution in [0.4, 0.5) is 0 Å². The first-order valence-corrected chi connectivity index (χ1v) is 11.2. The van der Waals surface area contributed by atoms with Gasteiger partial charge >= 0.3 is 0 Å². The smallest absolute Gasteiger partial charge is 0.221 e. The first-order valence-electron chi connectivity index (χ1n) is 12.9. The van der Waals surface area contributed by atoms with Crippen molar-refractivity contribution in [3.05, 3.63) is 108 Å². The summed E-state index contributed by atoms with van der Waals surface area (Å²) in [5, 5.41) is 10.2. The third-order valence-corrected chi connectivity index (χ3v) is 5.59. The fraction of sp³-hybridized carbons (Fsp3) is 0.357. The van der Waals surface area contributed by atoms with Gasteiger partial charge in [-0.1, -0.05) is 91.0 Å². The van der Waals surface area contributed by atoms with E-state index >= 15 is 0 Å². The molecule has 3 aromatic carbocycles. The first kappa shape index (κ1) is 20.8. The first-order chi connectivity index (χ1) is 18.0. The number of aliphatic hydroxyl groups excluding tert-OH is 1. The highest BCUT2D eigenvalue weighted by molar-refractivity contribution is 5.15. The van der Waals surface area contributed by atoms with Crippen LogP contribution in [-0.2, 0) is 43.4 Å². The fourth-order valence-electron chi connectivity index (χ4n) is 3.81. The molecule has 7 atom stereocenters. The van der Waals surface area contributed by atoms with Gasteiger partial charge in [-0.2, -0.15) is 0 Å². The lowest BCUT2D eigenvalue weighted by atomic mass is 10.0. The van der Waals surface area contributed by atoms with Crippen LogP contribution in [0.3, 0.4) is 0 Å². The molecule has 0 bridgehead atoms. The van der Waals surface area contributed by atoms with Crippen molar-refractivity contribution in [2.45, 2.75) is 43.8 Å². The van der Waals surface area contributed by atoms with E-state index in [0.29, 0.717) is 16.7 Å². The fourth-order valence-corrected chi connectivity index (χ4v) is 3.81. The monoisotopic (exact) mass is 467 g/mol. The molecule has 6 nitrogen and oxygen atoms in total. The van der Waals surface area contributed by atoms with Crippen LogP contribution in [0.25, 0.3) is 0 Å². The number of benzene rings is 3. The molecule has 1 aliphatic heterocycles. The zero-order valence-corrected chi connectivity index (χ0v) is 19.0. The van der Waals surface area contributed by atoms with Crippen LogP contribution in [0, 0.1) is 0 Å². The van der Waals surface area contributed by atoms with E-state index < -0.39 is 50.5 Å². The van der Waals surface area contributed by atoms with E-state index in [9.17, 15) is 5.11 Å². The average molecular weight is 468 g/mol. The van der Waals surface area contributed by atoms with Crippen molar-refractivity contribution < 1.29 is 32.9 Å². The maximum absolute atomic E-state index is 10.2. The predicted octanol–water partition coefficient (Wildman–Crippen LogP) is 4.11. The molecule has 34 heavy (non-hydrogen) atoms. The Morgan fingerprint density at radius 1 is 0.794 bits per heavy atom. The van der Waals surface area contributed by atoms with E-state index in [2.05, 4.69) is 0 Å².